The number of benzene rings is 1. The van der Waals surface area contributed by atoms with Gasteiger partial charge < -0.3 is 15.5 Å². The lowest BCUT2D eigenvalue weighted by Gasteiger charge is -2.32. The standard InChI is InChI=1S/C16H23N3O2/c1-3-15(20)18-13-7-4-6-12(10-13)16(21)19-9-5-8-14(11-19)17-2/h4,6-7,10,14,17H,3,5,8-9,11H2,1-2H3,(H,18,20). The Morgan fingerprint density at radius 2 is 2.19 bits per heavy atom. The van der Waals surface area contributed by atoms with E-state index in [-0.39, 0.29) is 11.8 Å². The third kappa shape index (κ3) is 4.04. The predicted octanol–water partition coefficient (Wildman–Crippen LogP) is 1.86. The van der Waals surface area contributed by atoms with E-state index in [1.807, 2.05) is 11.9 Å². The van der Waals surface area contributed by atoms with Gasteiger partial charge in [0.15, 0.2) is 0 Å². The van der Waals surface area contributed by atoms with Gasteiger partial charge in [0, 0.05) is 36.8 Å². The van der Waals surface area contributed by atoms with Crippen molar-refractivity contribution < 1.29 is 9.59 Å². The van der Waals surface area contributed by atoms with Crippen molar-refractivity contribution in [2.45, 2.75) is 32.2 Å². The number of carbonyl (C=O) groups excluding carboxylic acids is 2. The van der Waals surface area contributed by atoms with Crippen molar-refractivity contribution in [2.75, 3.05) is 25.5 Å². The topological polar surface area (TPSA) is 61.4 Å². The van der Waals surface area contributed by atoms with Crippen LogP contribution >= 0.6 is 0 Å². The summed E-state index contributed by atoms with van der Waals surface area (Å²) >= 11 is 0. The average molecular weight is 289 g/mol. The molecular formula is C16H23N3O2. The Labute approximate surface area is 125 Å². The molecule has 1 aliphatic heterocycles. The number of rotatable bonds is 4. The summed E-state index contributed by atoms with van der Waals surface area (Å²) < 4.78 is 0. The van der Waals surface area contributed by atoms with Crippen molar-refractivity contribution in [1.82, 2.24) is 10.2 Å². The summed E-state index contributed by atoms with van der Waals surface area (Å²) in [7, 11) is 1.93. The summed E-state index contributed by atoms with van der Waals surface area (Å²) in [6.07, 6.45) is 2.55. The number of nitrogens with one attached hydrogen (secondary N) is 2. The van der Waals surface area contributed by atoms with Crippen LogP contribution in [0.1, 0.15) is 36.5 Å². The number of piperidine rings is 1. The second kappa shape index (κ2) is 7.22. The van der Waals surface area contributed by atoms with E-state index in [9.17, 15) is 9.59 Å². The van der Waals surface area contributed by atoms with Crippen molar-refractivity contribution in [3.05, 3.63) is 29.8 Å². The minimum absolute atomic E-state index is 0.0301. The van der Waals surface area contributed by atoms with E-state index in [4.69, 9.17) is 0 Å². The predicted molar refractivity (Wildman–Crippen MR) is 83.3 cm³/mol. The van der Waals surface area contributed by atoms with Crippen LogP contribution in [0.3, 0.4) is 0 Å². The smallest absolute Gasteiger partial charge is 0.253 e. The van der Waals surface area contributed by atoms with Crippen LogP contribution in [-0.2, 0) is 4.79 Å². The van der Waals surface area contributed by atoms with Gasteiger partial charge in [-0.05, 0) is 38.1 Å². The summed E-state index contributed by atoms with van der Waals surface area (Å²) in [4.78, 5) is 25.9. The second-order valence-electron chi connectivity index (χ2n) is 5.36. The largest absolute Gasteiger partial charge is 0.337 e. The molecule has 0 spiro atoms. The molecule has 114 valence electrons. The molecule has 2 rings (SSSR count). The summed E-state index contributed by atoms with van der Waals surface area (Å²) in [5.74, 6) is -0.0182. The molecule has 0 bridgehead atoms. The molecule has 1 atom stereocenters. The van der Waals surface area contributed by atoms with E-state index in [1.165, 1.54) is 0 Å². The fourth-order valence-electron chi connectivity index (χ4n) is 2.56. The molecule has 0 aliphatic carbocycles. The molecule has 1 unspecified atom stereocenters. The highest BCUT2D eigenvalue weighted by Gasteiger charge is 2.23. The lowest BCUT2D eigenvalue weighted by atomic mass is 10.0. The van der Waals surface area contributed by atoms with E-state index in [1.54, 1.807) is 31.2 Å². The van der Waals surface area contributed by atoms with Gasteiger partial charge >= 0.3 is 0 Å². The first kappa shape index (κ1) is 15.5. The van der Waals surface area contributed by atoms with Crippen LogP contribution in [0, 0.1) is 0 Å². The van der Waals surface area contributed by atoms with Crippen LogP contribution in [0.2, 0.25) is 0 Å². The van der Waals surface area contributed by atoms with E-state index in [0.29, 0.717) is 23.7 Å². The summed E-state index contributed by atoms with van der Waals surface area (Å²) in [5.41, 5.74) is 1.30. The molecule has 1 aromatic rings. The SMILES string of the molecule is CCC(=O)Nc1cccc(C(=O)N2CCCC(NC)C2)c1. The molecule has 5 nitrogen and oxygen atoms in total. The van der Waals surface area contributed by atoms with Crippen molar-refractivity contribution in [1.29, 1.82) is 0 Å². The molecule has 1 saturated heterocycles. The molecule has 2 N–H and O–H groups in total. The number of amides is 2. The maximum Gasteiger partial charge on any atom is 0.253 e. The van der Waals surface area contributed by atoms with Crippen LogP contribution < -0.4 is 10.6 Å². The normalized spacial score (nSPS) is 18.4. The monoisotopic (exact) mass is 289 g/mol. The van der Waals surface area contributed by atoms with Gasteiger partial charge in [0.05, 0.1) is 0 Å². The average Bonchev–Trinajstić information content (AvgIpc) is 2.54. The maximum atomic E-state index is 12.6. The number of nitrogens with zero attached hydrogens (tertiary/aromatic N) is 1. The Morgan fingerprint density at radius 3 is 2.90 bits per heavy atom. The summed E-state index contributed by atoms with van der Waals surface area (Å²) in [6, 6.07) is 7.52. The lowest BCUT2D eigenvalue weighted by Crippen LogP contribution is -2.46. The van der Waals surface area contributed by atoms with Gasteiger partial charge in [-0.15, -0.1) is 0 Å². The van der Waals surface area contributed by atoms with Crippen LogP contribution in [0.25, 0.3) is 0 Å². The molecular weight excluding hydrogens is 266 g/mol. The molecule has 1 fully saturated rings. The molecule has 1 heterocycles. The number of hydrogen-bond acceptors (Lipinski definition) is 3. The minimum Gasteiger partial charge on any atom is -0.337 e. The number of likely N-dealkylation sites (tertiary alicyclic amines) is 1. The molecule has 21 heavy (non-hydrogen) atoms. The molecule has 1 aromatic carbocycles. The fraction of sp³-hybridized carbons (Fsp3) is 0.500. The number of likely N-dealkylation sites (N-methyl/N-ethyl adjacent to an activating group) is 1. The first-order chi connectivity index (χ1) is 10.1. The Bertz CT molecular complexity index is 516. The zero-order chi connectivity index (χ0) is 15.2. The van der Waals surface area contributed by atoms with E-state index in [0.717, 1.165) is 25.9 Å². The third-order valence-electron chi connectivity index (χ3n) is 3.83. The van der Waals surface area contributed by atoms with Gasteiger partial charge in [0.1, 0.15) is 0 Å². The Kier molecular flexibility index (Phi) is 5.33. The molecule has 0 aromatic heterocycles. The highest BCUT2D eigenvalue weighted by molar-refractivity contribution is 5.97. The van der Waals surface area contributed by atoms with Gasteiger partial charge in [0.2, 0.25) is 5.91 Å². The van der Waals surface area contributed by atoms with Crippen LogP contribution in [0.15, 0.2) is 24.3 Å². The first-order valence-corrected chi connectivity index (χ1v) is 7.50. The number of anilines is 1. The van der Waals surface area contributed by atoms with Gasteiger partial charge in [0.25, 0.3) is 5.91 Å². The van der Waals surface area contributed by atoms with Gasteiger partial charge in [-0.1, -0.05) is 13.0 Å². The van der Waals surface area contributed by atoms with Crippen molar-refractivity contribution in [3.63, 3.8) is 0 Å². The Morgan fingerprint density at radius 1 is 1.38 bits per heavy atom. The molecule has 2 amide bonds. The van der Waals surface area contributed by atoms with E-state index >= 15 is 0 Å². The van der Waals surface area contributed by atoms with E-state index < -0.39 is 0 Å². The third-order valence-corrected chi connectivity index (χ3v) is 3.83. The van der Waals surface area contributed by atoms with Crippen LogP contribution in [0.5, 0.6) is 0 Å². The molecule has 0 radical (unpaired) electrons. The van der Waals surface area contributed by atoms with Gasteiger partial charge in [-0.25, -0.2) is 0 Å². The number of hydrogen-bond donors (Lipinski definition) is 2. The van der Waals surface area contributed by atoms with Crippen molar-refractivity contribution in [3.8, 4) is 0 Å². The van der Waals surface area contributed by atoms with Gasteiger partial charge in [-0.2, -0.15) is 0 Å². The first-order valence-electron chi connectivity index (χ1n) is 7.50. The van der Waals surface area contributed by atoms with Crippen LogP contribution in [-0.4, -0.2) is 42.9 Å². The zero-order valence-electron chi connectivity index (χ0n) is 12.7. The molecule has 0 saturated carbocycles. The zero-order valence-corrected chi connectivity index (χ0v) is 12.7. The second-order valence-corrected chi connectivity index (χ2v) is 5.36. The van der Waals surface area contributed by atoms with Gasteiger partial charge in [-0.3, -0.25) is 9.59 Å². The summed E-state index contributed by atoms with van der Waals surface area (Å²) in [5, 5.41) is 6.02. The summed E-state index contributed by atoms with van der Waals surface area (Å²) in [6.45, 7) is 3.33. The van der Waals surface area contributed by atoms with Crippen LogP contribution in [0.4, 0.5) is 5.69 Å². The van der Waals surface area contributed by atoms with Crippen molar-refractivity contribution >= 4 is 17.5 Å². The number of carbonyl (C=O) groups is 2. The minimum atomic E-state index is -0.0483. The highest BCUT2D eigenvalue weighted by Crippen LogP contribution is 2.16. The molecule has 1 aliphatic rings. The molecule has 5 heteroatoms. The fourth-order valence-corrected chi connectivity index (χ4v) is 2.56. The van der Waals surface area contributed by atoms with E-state index in [2.05, 4.69) is 10.6 Å². The Balaban J connectivity index is 2.08. The highest BCUT2D eigenvalue weighted by atomic mass is 16.2. The quantitative estimate of drug-likeness (QED) is 0.889. The maximum absolute atomic E-state index is 12.6. The Hall–Kier alpha value is -1.88. The lowest BCUT2D eigenvalue weighted by molar-refractivity contribution is -0.115. The van der Waals surface area contributed by atoms with Crippen molar-refractivity contribution in [2.24, 2.45) is 0 Å².